The van der Waals surface area contributed by atoms with Gasteiger partial charge in [0.15, 0.2) is 5.82 Å². The Balaban J connectivity index is 2.68. The van der Waals surface area contributed by atoms with Crippen molar-refractivity contribution in [3.8, 4) is 0 Å². The molecule has 0 aliphatic rings. The van der Waals surface area contributed by atoms with Crippen LogP contribution in [0.2, 0.25) is 0 Å². The number of aromatic amines is 1. The Labute approximate surface area is 69.6 Å². The van der Waals surface area contributed by atoms with Crippen LogP contribution < -0.4 is 4.72 Å². The van der Waals surface area contributed by atoms with Crippen LogP contribution in [0.1, 0.15) is 18.8 Å². The standard InChI is InChI=1S/C4H9N5O2S/c1-3(7-12(2,10)11)4-5-8-9-6-4/h3,7H,1-2H3,(H,5,6,8,9). The van der Waals surface area contributed by atoms with Gasteiger partial charge in [-0.1, -0.05) is 5.21 Å². The molecule has 1 unspecified atom stereocenters. The predicted molar refractivity (Wildman–Crippen MR) is 40.6 cm³/mol. The van der Waals surface area contributed by atoms with Crippen LogP contribution in [-0.2, 0) is 10.0 Å². The van der Waals surface area contributed by atoms with Crippen LogP contribution in [0.4, 0.5) is 0 Å². The number of hydrogen-bond donors (Lipinski definition) is 2. The molecule has 8 heteroatoms. The van der Waals surface area contributed by atoms with Crippen molar-refractivity contribution in [3.05, 3.63) is 5.82 Å². The summed E-state index contributed by atoms with van der Waals surface area (Å²) in [5, 5.41) is 12.8. The largest absolute Gasteiger partial charge is 0.213 e. The van der Waals surface area contributed by atoms with E-state index in [2.05, 4.69) is 25.3 Å². The van der Waals surface area contributed by atoms with Crippen LogP contribution >= 0.6 is 0 Å². The Morgan fingerprint density at radius 1 is 1.58 bits per heavy atom. The van der Waals surface area contributed by atoms with Gasteiger partial charge in [-0.25, -0.2) is 13.1 Å². The molecule has 2 N–H and O–H groups in total. The summed E-state index contributed by atoms with van der Waals surface area (Å²) in [7, 11) is -3.22. The van der Waals surface area contributed by atoms with Gasteiger partial charge in [0.05, 0.1) is 12.3 Å². The van der Waals surface area contributed by atoms with E-state index >= 15 is 0 Å². The van der Waals surface area contributed by atoms with E-state index in [1.807, 2.05) is 0 Å². The summed E-state index contributed by atoms with van der Waals surface area (Å²) in [5.41, 5.74) is 0. The molecular weight excluding hydrogens is 182 g/mol. The molecule has 0 saturated heterocycles. The first-order valence-electron chi connectivity index (χ1n) is 3.19. The number of tetrazole rings is 1. The first kappa shape index (κ1) is 9.07. The van der Waals surface area contributed by atoms with Crippen molar-refractivity contribution >= 4 is 10.0 Å². The fourth-order valence-corrected chi connectivity index (χ4v) is 1.47. The Kier molecular flexibility index (Phi) is 2.38. The number of hydrogen-bond acceptors (Lipinski definition) is 5. The zero-order valence-electron chi connectivity index (χ0n) is 6.64. The minimum Gasteiger partial charge on any atom is -0.213 e. The molecule has 68 valence electrons. The lowest BCUT2D eigenvalue weighted by Crippen LogP contribution is -2.26. The van der Waals surface area contributed by atoms with Crippen molar-refractivity contribution in [2.24, 2.45) is 0 Å². The highest BCUT2D eigenvalue weighted by atomic mass is 32.2. The highest BCUT2D eigenvalue weighted by Gasteiger charge is 2.13. The van der Waals surface area contributed by atoms with Gasteiger partial charge in [0.1, 0.15) is 0 Å². The Morgan fingerprint density at radius 3 is 2.67 bits per heavy atom. The number of sulfonamides is 1. The average molecular weight is 191 g/mol. The van der Waals surface area contributed by atoms with Crippen molar-refractivity contribution in [2.75, 3.05) is 6.26 Å². The van der Waals surface area contributed by atoms with Gasteiger partial charge in [-0.3, -0.25) is 0 Å². The summed E-state index contributed by atoms with van der Waals surface area (Å²) >= 11 is 0. The van der Waals surface area contributed by atoms with Gasteiger partial charge in [-0.15, -0.1) is 10.2 Å². The summed E-state index contributed by atoms with van der Waals surface area (Å²) in [5.74, 6) is 0.320. The second-order valence-corrected chi connectivity index (χ2v) is 4.16. The normalized spacial score (nSPS) is 14.5. The molecule has 1 aromatic rings. The maximum absolute atomic E-state index is 10.7. The smallest absolute Gasteiger partial charge is 0.209 e. The molecule has 0 amide bonds. The lowest BCUT2D eigenvalue weighted by atomic mass is 10.4. The van der Waals surface area contributed by atoms with E-state index in [0.29, 0.717) is 5.82 Å². The van der Waals surface area contributed by atoms with E-state index < -0.39 is 16.1 Å². The molecule has 0 spiro atoms. The van der Waals surface area contributed by atoms with Gasteiger partial charge in [-0.2, -0.15) is 5.21 Å². The third kappa shape index (κ3) is 2.55. The first-order chi connectivity index (χ1) is 5.49. The van der Waals surface area contributed by atoms with E-state index in [9.17, 15) is 8.42 Å². The number of H-pyrrole nitrogens is 1. The minimum atomic E-state index is -3.22. The molecule has 0 radical (unpaired) electrons. The third-order valence-corrected chi connectivity index (χ3v) is 1.92. The number of rotatable bonds is 3. The molecule has 12 heavy (non-hydrogen) atoms. The molecule has 1 rings (SSSR count). The molecule has 0 saturated carbocycles. The summed E-state index contributed by atoms with van der Waals surface area (Å²) in [6.45, 7) is 1.63. The van der Waals surface area contributed by atoms with E-state index in [4.69, 9.17) is 0 Å². The van der Waals surface area contributed by atoms with E-state index in [0.717, 1.165) is 6.26 Å². The second-order valence-electron chi connectivity index (χ2n) is 2.38. The SMILES string of the molecule is CC(NS(C)(=O)=O)c1nn[nH]n1. The van der Waals surface area contributed by atoms with Crippen LogP contribution in [0.25, 0.3) is 0 Å². The summed E-state index contributed by atoms with van der Waals surface area (Å²) in [6.07, 6.45) is 1.07. The molecule has 0 aliphatic carbocycles. The Morgan fingerprint density at radius 2 is 2.25 bits per heavy atom. The van der Waals surface area contributed by atoms with Crippen LogP contribution in [0.3, 0.4) is 0 Å². The maximum atomic E-state index is 10.7. The van der Waals surface area contributed by atoms with Crippen molar-refractivity contribution in [1.29, 1.82) is 0 Å². The lowest BCUT2D eigenvalue weighted by molar-refractivity contribution is 0.566. The van der Waals surface area contributed by atoms with Gasteiger partial charge < -0.3 is 0 Å². The molecule has 0 fully saturated rings. The Hall–Kier alpha value is -1.02. The average Bonchev–Trinajstić information content (AvgIpc) is 2.32. The molecule has 1 heterocycles. The van der Waals surface area contributed by atoms with Gasteiger partial charge in [-0.05, 0) is 6.92 Å². The van der Waals surface area contributed by atoms with Crippen molar-refractivity contribution in [1.82, 2.24) is 25.3 Å². The van der Waals surface area contributed by atoms with Crippen LogP contribution in [0.15, 0.2) is 0 Å². The molecule has 0 aliphatic heterocycles. The highest BCUT2D eigenvalue weighted by Crippen LogP contribution is 2.03. The molecule has 0 aromatic carbocycles. The summed E-state index contributed by atoms with van der Waals surface area (Å²) < 4.78 is 23.8. The minimum absolute atomic E-state index is 0.320. The highest BCUT2D eigenvalue weighted by molar-refractivity contribution is 7.88. The summed E-state index contributed by atoms with van der Waals surface area (Å²) in [4.78, 5) is 0. The molecule has 7 nitrogen and oxygen atoms in total. The number of aromatic nitrogens is 4. The fraction of sp³-hybridized carbons (Fsp3) is 0.750. The zero-order valence-corrected chi connectivity index (χ0v) is 7.46. The van der Waals surface area contributed by atoms with Crippen LogP contribution in [-0.4, -0.2) is 35.3 Å². The Bertz CT molecular complexity index is 330. The summed E-state index contributed by atoms with van der Waals surface area (Å²) in [6, 6.07) is -0.459. The van der Waals surface area contributed by atoms with Crippen molar-refractivity contribution in [2.45, 2.75) is 13.0 Å². The van der Waals surface area contributed by atoms with E-state index in [-0.39, 0.29) is 0 Å². The maximum Gasteiger partial charge on any atom is 0.209 e. The number of nitrogens with one attached hydrogen (secondary N) is 2. The van der Waals surface area contributed by atoms with Crippen LogP contribution in [0.5, 0.6) is 0 Å². The van der Waals surface area contributed by atoms with Gasteiger partial charge in [0.2, 0.25) is 10.0 Å². The van der Waals surface area contributed by atoms with E-state index in [1.54, 1.807) is 6.92 Å². The van der Waals surface area contributed by atoms with E-state index in [1.165, 1.54) is 0 Å². The topological polar surface area (TPSA) is 101 Å². The molecule has 0 bridgehead atoms. The number of nitrogens with zero attached hydrogens (tertiary/aromatic N) is 3. The monoisotopic (exact) mass is 191 g/mol. The van der Waals surface area contributed by atoms with Crippen molar-refractivity contribution in [3.63, 3.8) is 0 Å². The molecule has 1 aromatic heterocycles. The van der Waals surface area contributed by atoms with Gasteiger partial charge in [0, 0.05) is 0 Å². The second kappa shape index (κ2) is 3.15. The first-order valence-corrected chi connectivity index (χ1v) is 5.09. The molecule has 1 atom stereocenters. The van der Waals surface area contributed by atoms with Crippen LogP contribution in [0, 0.1) is 0 Å². The third-order valence-electron chi connectivity index (χ3n) is 1.14. The molecular formula is C4H9N5O2S. The predicted octanol–water partition coefficient (Wildman–Crippen LogP) is -1.19. The lowest BCUT2D eigenvalue weighted by Gasteiger charge is -2.05. The van der Waals surface area contributed by atoms with Crippen molar-refractivity contribution < 1.29 is 8.42 Å². The quantitative estimate of drug-likeness (QED) is 0.625. The fourth-order valence-electron chi connectivity index (χ4n) is 0.727. The van der Waals surface area contributed by atoms with Gasteiger partial charge >= 0.3 is 0 Å². The zero-order chi connectivity index (χ0) is 9.19. The van der Waals surface area contributed by atoms with Gasteiger partial charge in [0.25, 0.3) is 0 Å².